The second-order valence-electron chi connectivity index (χ2n) is 2.63. The molecule has 0 amide bonds. The Morgan fingerprint density at radius 3 is 3.07 bits per heavy atom. The van der Waals surface area contributed by atoms with Crippen LogP contribution in [0.5, 0.6) is 0 Å². The SMILES string of the molecule is O=C(O)/C=C/c1nnc(-c2ccsc2)o1. The lowest BCUT2D eigenvalue weighted by atomic mass is 10.3. The lowest BCUT2D eigenvalue weighted by molar-refractivity contribution is -0.131. The van der Waals surface area contributed by atoms with Crippen LogP contribution in [0.4, 0.5) is 0 Å². The minimum atomic E-state index is -1.05. The predicted molar refractivity (Wildman–Crippen MR) is 54.3 cm³/mol. The Balaban J connectivity index is 2.21. The maximum atomic E-state index is 10.2. The van der Waals surface area contributed by atoms with Crippen molar-refractivity contribution in [1.29, 1.82) is 0 Å². The van der Waals surface area contributed by atoms with Crippen LogP contribution < -0.4 is 0 Å². The Bertz CT molecular complexity index is 487. The third-order valence-electron chi connectivity index (χ3n) is 1.58. The van der Waals surface area contributed by atoms with E-state index in [-0.39, 0.29) is 5.89 Å². The summed E-state index contributed by atoms with van der Waals surface area (Å²) in [6.45, 7) is 0. The quantitative estimate of drug-likeness (QED) is 0.802. The first-order chi connectivity index (χ1) is 7.25. The Morgan fingerprint density at radius 2 is 2.40 bits per heavy atom. The molecule has 2 aromatic rings. The first-order valence-electron chi connectivity index (χ1n) is 4.03. The molecule has 0 radical (unpaired) electrons. The molecule has 0 spiro atoms. The van der Waals surface area contributed by atoms with Crippen molar-refractivity contribution in [3.63, 3.8) is 0 Å². The highest BCUT2D eigenvalue weighted by Gasteiger charge is 2.06. The van der Waals surface area contributed by atoms with Gasteiger partial charge < -0.3 is 9.52 Å². The molecular weight excluding hydrogens is 216 g/mol. The first-order valence-corrected chi connectivity index (χ1v) is 4.97. The van der Waals surface area contributed by atoms with Gasteiger partial charge in [0.2, 0.25) is 11.8 Å². The van der Waals surface area contributed by atoms with Gasteiger partial charge in [0.05, 0.1) is 0 Å². The minimum Gasteiger partial charge on any atom is -0.478 e. The van der Waals surface area contributed by atoms with Crippen molar-refractivity contribution in [3.05, 3.63) is 28.8 Å². The molecule has 15 heavy (non-hydrogen) atoms. The molecular formula is C9H6N2O3S. The summed E-state index contributed by atoms with van der Waals surface area (Å²) in [5.74, 6) is -0.481. The average molecular weight is 222 g/mol. The van der Waals surface area contributed by atoms with Gasteiger partial charge >= 0.3 is 5.97 Å². The summed E-state index contributed by atoms with van der Waals surface area (Å²) in [7, 11) is 0. The van der Waals surface area contributed by atoms with E-state index in [1.165, 1.54) is 17.4 Å². The van der Waals surface area contributed by atoms with Gasteiger partial charge in [0.15, 0.2) is 0 Å². The zero-order valence-electron chi connectivity index (χ0n) is 7.45. The topological polar surface area (TPSA) is 76.2 Å². The molecule has 0 atom stereocenters. The minimum absolute atomic E-state index is 0.179. The molecule has 0 aliphatic heterocycles. The van der Waals surface area contributed by atoms with Crippen LogP contribution in [0, 0.1) is 0 Å². The van der Waals surface area contributed by atoms with Crippen molar-refractivity contribution in [1.82, 2.24) is 10.2 Å². The van der Waals surface area contributed by atoms with E-state index in [0.29, 0.717) is 5.89 Å². The van der Waals surface area contributed by atoms with E-state index < -0.39 is 5.97 Å². The van der Waals surface area contributed by atoms with Crippen molar-refractivity contribution < 1.29 is 14.3 Å². The number of carboxylic acid groups (broad SMARTS) is 1. The molecule has 0 aromatic carbocycles. The number of thiophene rings is 1. The molecule has 0 aliphatic carbocycles. The molecule has 6 heteroatoms. The summed E-state index contributed by atoms with van der Waals surface area (Å²) < 4.78 is 5.21. The Kier molecular flexibility index (Phi) is 2.59. The molecule has 2 heterocycles. The largest absolute Gasteiger partial charge is 0.478 e. The van der Waals surface area contributed by atoms with Crippen LogP contribution >= 0.6 is 11.3 Å². The van der Waals surface area contributed by atoms with Gasteiger partial charge in [-0.05, 0) is 11.4 Å². The van der Waals surface area contributed by atoms with Crippen molar-refractivity contribution >= 4 is 23.4 Å². The van der Waals surface area contributed by atoms with Crippen LogP contribution in [0.25, 0.3) is 17.5 Å². The number of carbonyl (C=O) groups is 1. The first kappa shape index (κ1) is 9.60. The Labute approximate surface area is 88.7 Å². The number of aromatic nitrogens is 2. The fourth-order valence-electron chi connectivity index (χ4n) is 0.947. The highest BCUT2D eigenvalue weighted by atomic mass is 32.1. The lowest BCUT2D eigenvalue weighted by Gasteiger charge is -1.84. The standard InChI is InChI=1S/C9H6N2O3S/c12-8(13)2-1-7-10-11-9(14-7)6-3-4-15-5-6/h1-5H,(H,12,13)/b2-1+. The van der Waals surface area contributed by atoms with Crippen LogP contribution in [0.2, 0.25) is 0 Å². The zero-order chi connectivity index (χ0) is 10.7. The molecule has 1 N–H and O–H groups in total. The number of carboxylic acids is 1. The lowest BCUT2D eigenvalue weighted by Crippen LogP contribution is -1.85. The van der Waals surface area contributed by atoms with E-state index in [1.54, 1.807) is 0 Å². The molecule has 0 fully saturated rings. The monoisotopic (exact) mass is 222 g/mol. The van der Waals surface area contributed by atoms with Gasteiger partial charge in [-0.15, -0.1) is 10.2 Å². The number of nitrogens with zero attached hydrogens (tertiary/aromatic N) is 2. The summed E-state index contributed by atoms with van der Waals surface area (Å²) in [5.41, 5.74) is 0.836. The van der Waals surface area contributed by atoms with Crippen molar-refractivity contribution in [3.8, 4) is 11.5 Å². The normalized spacial score (nSPS) is 10.9. The van der Waals surface area contributed by atoms with Gasteiger partial charge in [-0.1, -0.05) is 0 Å². The molecule has 76 valence electrons. The van der Waals surface area contributed by atoms with E-state index in [0.717, 1.165) is 11.6 Å². The van der Waals surface area contributed by atoms with Gasteiger partial charge in [0, 0.05) is 23.1 Å². The van der Waals surface area contributed by atoms with Gasteiger partial charge in [0.1, 0.15) is 0 Å². The van der Waals surface area contributed by atoms with Crippen LogP contribution in [0.3, 0.4) is 0 Å². The third-order valence-corrected chi connectivity index (χ3v) is 2.26. The van der Waals surface area contributed by atoms with E-state index in [2.05, 4.69) is 10.2 Å². The van der Waals surface area contributed by atoms with Gasteiger partial charge in [0.25, 0.3) is 0 Å². The maximum Gasteiger partial charge on any atom is 0.328 e. The summed E-state index contributed by atoms with van der Waals surface area (Å²) in [6, 6.07) is 1.85. The highest BCUT2D eigenvalue weighted by Crippen LogP contribution is 2.20. The molecule has 0 saturated carbocycles. The maximum absolute atomic E-state index is 10.2. The van der Waals surface area contributed by atoms with E-state index in [1.807, 2.05) is 16.8 Å². The van der Waals surface area contributed by atoms with E-state index >= 15 is 0 Å². The second-order valence-corrected chi connectivity index (χ2v) is 3.41. The highest BCUT2D eigenvalue weighted by molar-refractivity contribution is 7.08. The van der Waals surface area contributed by atoms with E-state index in [4.69, 9.17) is 9.52 Å². The second kappa shape index (κ2) is 4.05. The van der Waals surface area contributed by atoms with Gasteiger partial charge in [-0.3, -0.25) is 0 Å². The molecule has 0 saturated heterocycles. The molecule has 2 rings (SSSR count). The summed E-state index contributed by atoms with van der Waals surface area (Å²) in [5, 5.41) is 19.6. The molecule has 0 unspecified atom stereocenters. The fraction of sp³-hybridized carbons (Fsp3) is 0. The van der Waals surface area contributed by atoms with Gasteiger partial charge in [-0.25, -0.2) is 4.79 Å². The Hall–Kier alpha value is -1.95. The Morgan fingerprint density at radius 1 is 1.53 bits per heavy atom. The van der Waals surface area contributed by atoms with Crippen molar-refractivity contribution in [2.24, 2.45) is 0 Å². The third kappa shape index (κ3) is 2.29. The van der Waals surface area contributed by atoms with Crippen LogP contribution in [0.15, 0.2) is 27.3 Å². The smallest absolute Gasteiger partial charge is 0.328 e. The van der Waals surface area contributed by atoms with E-state index in [9.17, 15) is 4.79 Å². The summed E-state index contributed by atoms with van der Waals surface area (Å²) >= 11 is 1.52. The van der Waals surface area contributed by atoms with Crippen LogP contribution in [-0.4, -0.2) is 21.3 Å². The number of hydrogen-bond donors (Lipinski definition) is 1. The summed E-state index contributed by atoms with van der Waals surface area (Å²) in [4.78, 5) is 10.2. The fourth-order valence-corrected chi connectivity index (χ4v) is 1.58. The van der Waals surface area contributed by atoms with Gasteiger partial charge in [-0.2, -0.15) is 11.3 Å². The molecule has 5 nitrogen and oxygen atoms in total. The van der Waals surface area contributed by atoms with Crippen molar-refractivity contribution in [2.45, 2.75) is 0 Å². The van der Waals surface area contributed by atoms with Crippen LogP contribution in [0.1, 0.15) is 5.89 Å². The number of rotatable bonds is 3. The average Bonchev–Trinajstić information content (AvgIpc) is 2.85. The molecule has 0 aliphatic rings. The summed E-state index contributed by atoms with van der Waals surface area (Å²) in [6.07, 6.45) is 2.20. The molecule has 2 aromatic heterocycles. The molecule has 0 bridgehead atoms. The number of aliphatic carboxylic acids is 1. The zero-order valence-corrected chi connectivity index (χ0v) is 8.27. The predicted octanol–water partition coefficient (Wildman–Crippen LogP) is 1.90. The van der Waals surface area contributed by atoms with Crippen molar-refractivity contribution in [2.75, 3.05) is 0 Å². The number of hydrogen-bond acceptors (Lipinski definition) is 5. The van der Waals surface area contributed by atoms with Crippen LogP contribution in [-0.2, 0) is 4.79 Å².